The van der Waals surface area contributed by atoms with Crippen molar-refractivity contribution < 1.29 is 2.76 Å². The van der Waals surface area contributed by atoms with Crippen LogP contribution < -0.4 is 0 Å². The van der Waals surface area contributed by atoms with Crippen LogP contribution >= 0.6 is 0 Å². The Morgan fingerprint density at radius 1 is 0.833 bits per heavy atom. The second-order valence-electron chi connectivity index (χ2n) is 4.28. The van der Waals surface area contributed by atoms with Crippen molar-refractivity contribution in [3.05, 3.63) is 66.2 Å². The minimum absolute atomic E-state index is 0.539. The third-order valence-electron chi connectivity index (χ3n) is 2.84. The van der Waals surface area contributed by atoms with Gasteiger partial charge in [-0.25, -0.2) is 0 Å². The van der Waals surface area contributed by atoms with Crippen molar-refractivity contribution in [2.45, 2.75) is 6.92 Å². The van der Waals surface area contributed by atoms with Gasteiger partial charge < -0.3 is 0 Å². The van der Waals surface area contributed by atoms with E-state index in [2.05, 4.69) is 61.5 Å². The number of aryl methyl sites for hydroxylation is 1. The molecule has 0 aliphatic heterocycles. The summed E-state index contributed by atoms with van der Waals surface area (Å²) in [7, 11) is 0. The van der Waals surface area contributed by atoms with E-state index in [9.17, 15) is 0 Å². The Bertz CT molecular complexity index is 656. The zero-order valence-electron chi connectivity index (χ0n) is 10.1. The van der Waals surface area contributed by atoms with Gasteiger partial charge >= 0.3 is 117 Å². The summed E-state index contributed by atoms with van der Waals surface area (Å²) in [5, 5.41) is 0. The fourth-order valence-electron chi connectivity index (χ4n) is 1.92. The van der Waals surface area contributed by atoms with E-state index in [1.165, 1.54) is 20.3 Å². The molecule has 1 aromatic heterocycles. The SMILES string of the molecule is Cc1cccc(-c2cc(-c3ccccc3)[te][o+]2)c1. The van der Waals surface area contributed by atoms with Gasteiger partial charge in [-0.2, -0.15) is 0 Å². The fourth-order valence-corrected chi connectivity index (χ4v) is 3.95. The van der Waals surface area contributed by atoms with E-state index in [1.807, 2.05) is 6.07 Å². The summed E-state index contributed by atoms with van der Waals surface area (Å²) in [5.41, 5.74) is 3.75. The van der Waals surface area contributed by atoms with Gasteiger partial charge in [0.15, 0.2) is 0 Å². The summed E-state index contributed by atoms with van der Waals surface area (Å²) >= 11 is -0.539. The van der Waals surface area contributed by atoms with Crippen LogP contribution in [0.4, 0.5) is 0 Å². The normalized spacial score (nSPS) is 10.5. The Kier molecular flexibility index (Phi) is 3.32. The number of rotatable bonds is 2. The zero-order chi connectivity index (χ0) is 12.4. The van der Waals surface area contributed by atoms with Crippen molar-refractivity contribution in [1.29, 1.82) is 0 Å². The molecule has 2 aromatic carbocycles. The van der Waals surface area contributed by atoms with Gasteiger partial charge in [0.1, 0.15) is 0 Å². The van der Waals surface area contributed by atoms with Crippen LogP contribution in [0, 0.1) is 6.92 Å². The van der Waals surface area contributed by atoms with Crippen molar-refractivity contribution in [1.82, 2.24) is 0 Å². The van der Waals surface area contributed by atoms with Crippen molar-refractivity contribution in [3.8, 4) is 20.5 Å². The van der Waals surface area contributed by atoms with Crippen molar-refractivity contribution >= 4 is 20.9 Å². The molecule has 0 aliphatic carbocycles. The van der Waals surface area contributed by atoms with Crippen LogP contribution in [0.5, 0.6) is 0 Å². The molecular formula is C16H13OTe+. The Balaban J connectivity index is 2.00. The number of benzene rings is 2. The molecule has 1 heterocycles. The second-order valence-corrected chi connectivity index (χ2v) is 6.48. The van der Waals surface area contributed by atoms with Gasteiger partial charge in [-0.1, -0.05) is 0 Å². The van der Waals surface area contributed by atoms with Crippen LogP contribution in [-0.2, 0) is 0 Å². The second kappa shape index (κ2) is 5.10. The van der Waals surface area contributed by atoms with Gasteiger partial charge in [0.2, 0.25) is 0 Å². The first-order chi connectivity index (χ1) is 8.83. The third kappa shape index (κ3) is 2.41. The molecule has 0 unspecified atom stereocenters. The summed E-state index contributed by atoms with van der Waals surface area (Å²) in [5.74, 6) is 1.03. The molecule has 0 atom stereocenters. The quantitative estimate of drug-likeness (QED) is 0.497. The first kappa shape index (κ1) is 11.7. The van der Waals surface area contributed by atoms with Crippen molar-refractivity contribution in [2.24, 2.45) is 0 Å². The van der Waals surface area contributed by atoms with E-state index in [4.69, 9.17) is 2.76 Å². The monoisotopic (exact) mass is 351 g/mol. The first-order valence-corrected chi connectivity index (χ1v) is 8.00. The molecule has 1 nitrogen and oxygen atoms in total. The van der Waals surface area contributed by atoms with Gasteiger partial charge in [-0.15, -0.1) is 0 Å². The predicted molar refractivity (Wildman–Crippen MR) is 75.7 cm³/mol. The molecule has 0 saturated heterocycles. The van der Waals surface area contributed by atoms with Crippen molar-refractivity contribution in [3.63, 3.8) is 0 Å². The molecule has 0 saturated carbocycles. The van der Waals surface area contributed by atoms with E-state index in [-0.39, 0.29) is 0 Å². The summed E-state index contributed by atoms with van der Waals surface area (Å²) < 4.78 is 7.29. The van der Waals surface area contributed by atoms with Crippen LogP contribution in [-0.4, -0.2) is 20.9 Å². The van der Waals surface area contributed by atoms with Crippen LogP contribution in [0.15, 0.2) is 63.4 Å². The van der Waals surface area contributed by atoms with E-state index in [0.29, 0.717) is 0 Å². The van der Waals surface area contributed by atoms with Gasteiger partial charge in [0.25, 0.3) is 0 Å². The maximum absolute atomic E-state index is 5.92. The topological polar surface area (TPSA) is 11.3 Å². The maximum atomic E-state index is 5.92. The fraction of sp³-hybridized carbons (Fsp3) is 0.0625. The summed E-state index contributed by atoms with van der Waals surface area (Å²) in [4.78, 5) is 0. The van der Waals surface area contributed by atoms with E-state index in [0.717, 1.165) is 5.76 Å². The molecule has 0 aliphatic rings. The Hall–Kier alpha value is -1.36. The summed E-state index contributed by atoms with van der Waals surface area (Å²) in [6, 6.07) is 21.2. The molecule has 0 fully saturated rings. The predicted octanol–water partition coefficient (Wildman–Crippen LogP) is 4.26. The Morgan fingerprint density at radius 2 is 1.61 bits per heavy atom. The Labute approximate surface area is 117 Å². The van der Waals surface area contributed by atoms with E-state index >= 15 is 0 Å². The Morgan fingerprint density at radius 3 is 2.39 bits per heavy atom. The van der Waals surface area contributed by atoms with E-state index < -0.39 is 20.9 Å². The van der Waals surface area contributed by atoms with Crippen LogP contribution in [0.2, 0.25) is 0 Å². The van der Waals surface area contributed by atoms with Crippen LogP contribution in [0.3, 0.4) is 0 Å². The zero-order valence-corrected chi connectivity index (χ0v) is 12.4. The third-order valence-corrected chi connectivity index (χ3v) is 5.12. The van der Waals surface area contributed by atoms with E-state index in [1.54, 1.807) is 0 Å². The van der Waals surface area contributed by atoms with Gasteiger partial charge in [0.05, 0.1) is 0 Å². The minimum atomic E-state index is -0.539. The molecule has 3 aromatic rings. The number of hydrogen-bond donors (Lipinski definition) is 0. The molecule has 0 N–H and O–H groups in total. The van der Waals surface area contributed by atoms with Gasteiger partial charge in [-0.05, 0) is 0 Å². The molecule has 0 radical (unpaired) electrons. The molecule has 3 rings (SSSR count). The summed E-state index contributed by atoms with van der Waals surface area (Å²) in [6.45, 7) is 2.11. The average molecular weight is 349 g/mol. The molecule has 2 heteroatoms. The average Bonchev–Trinajstić information content (AvgIpc) is 2.89. The standard InChI is InChI=1S/C16H13OTe/c1-12-6-5-9-14(10-12)15-11-16(18-17-15)13-7-3-2-4-8-13/h2-11H,1H3/q+1. The molecule has 0 amide bonds. The molecule has 88 valence electrons. The molecule has 18 heavy (non-hydrogen) atoms. The first-order valence-electron chi connectivity index (χ1n) is 5.88. The molecular weight excluding hydrogens is 336 g/mol. The van der Waals surface area contributed by atoms with Crippen LogP contribution in [0.25, 0.3) is 20.5 Å². The van der Waals surface area contributed by atoms with Crippen molar-refractivity contribution in [2.75, 3.05) is 0 Å². The van der Waals surface area contributed by atoms with Crippen LogP contribution in [0.1, 0.15) is 5.56 Å². The van der Waals surface area contributed by atoms with Gasteiger partial charge in [-0.3, -0.25) is 0 Å². The molecule has 0 spiro atoms. The van der Waals surface area contributed by atoms with Gasteiger partial charge in [0, 0.05) is 0 Å². The summed E-state index contributed by atoms with van der Waals surface area (Å²) in [6.07, 6.45) is 0. The molecule has 0 bridgehead atoms. The number of hydrogen-bond acceptors (Lipinski definition) is 0.